The zero-order valence-corrected chi connectivity index (χ0v) is 25.3. The summed E-state index contributed by atoms with van der Waals surface area (Å²) in [4.78, 5) is 50.6. The summed E-state index contributed by atoms with van der Waals surface area (Å²) >= 11 is 2.38. The van der Waals surface area contributed by atoms with Crippen LogP contribution in [0.3, 0.4) is 0 Å². The molecule has 0 saturated carbocycles. The molecule has 2 atom stereocenters. The van der Waals surface area contributed by atoms with Gasteiger partial charge in [0.05, 0.1) is 11.8 Å². The number of nitrogen functional groups attached to an aromatic ring is 1. The number of amides is 2. The molecule has 10 nitrogen and oxygen atoms in total. The SMILES string of the molecule is C=CC1=C(C(=O)O)N2C(=O)C[C@H]2SC1NC(=O)/C(=N\OC(c1ccccc1)(c1ccccc1)c1ccccc1)c1csc(N)n1. The van der Waals surface area contributed by atoms with Gasteiger partial charge < -0.3 is 21.0 Å². The van der Waals surface area contributed by atoms with Crippen LogP contribution in [-0.4, -0.2) is 49.2 Å². The minimum atomic E-state index is -1.29. The van der Waals surface area contributed by atoms with Crippen LogP contribution < -0.4 is 11.1 Å². The van der Waals surface area contributed by atoms with Crippen molar-refractivity contribution in [2.75, 3.05) is 5.73 Å². The lowest BCUT2D eigenvalue weighted by Crippen LogP contribution is -2.57. The molecule has 226 valence electrons. The van der Waals surface area contributed by atoms with Crippen LogP contribution in [0, 0.1) is 0 Å². The zero-order chi connectivity index (χ0) is 31.6. The van der Waals surface area contributed by atoms with Gasteiger partial charge in [-0.2, -0.15) is 0 Å². The summed E-state index contributed by atoms with van der Waals surface area (Å²) in [5.41, 5.74) is 6.99. The average Bonchev–Trinajstić information content (AvgIpc) is 3.49. The van der Waals surface area contributed by atoms with Gasteiger partial charge in [-0.3, -0.25) is 14.5 Å². The van der Waals surface area contributed by atoms with Gasteiger partial charge in [0.25, 0.3) is 5.91 Å². The number of nitrogens with two attached hydrogens (primary N) is 1. The van der Waals surface area contributed by atoms with E-state index in [-0.39, 0.29) is 40.1 Å². The molecule has 4 aromatic rings. The van der Waals surface area contributed by atoms with Crippen LogP contribution in [-0.2, 0) is 24.8 Å². The number of hydrogen-bond acceptors (Lipinski definition) is 9. The second-order valence-electron chi connectivity index (χ2n) is 10.1. The van der Waals surface area contributed by atoms with Crippen LogP contribution >= 0.6 is 23.1 Å². The van der Waals surface area contributed by atoms with Crippen LogP contribution in [0.1, 0.15) is 28.8 Å². The van der Waals surface area contributed by atoms with Crippen LogP contribution in [0.5, 0.6) is 0 Å². The molecule has 45 heavy (non-hydrogen) atoms. The molecule has 1 aromatic heterocycles. The van der Waals surface area contributed by atoms with Crippen LogP contribution in [0.25, 0.3) is 0 Å². The van der Waals surface area contributed by atoms with Crippen molar-refractivity contribution in [3.05, 3.63) is 143 Å². The van der Waals surface area contributed by atoms with Crippen molar-refractivity contribution in [1.82, 2.24) is 15.2 Å². The molecular formula is C33H27N5O5S2. The molecule has 0 radical (unpaired) electrons. The number of oxime groups is 1. The second kappa shape index (κ2) is 12.4. The number of nitrogens with one attached hydrogen (secondary N) is 1. The molecule has 3 heterocycles. The summed E-state index contributed by atoms with van der Waals surface area (Å²) in [7, 11) is 0. The van der Waals surface area contributed by atoms with E-state index >= 15 is 0 Å². The first-order valence-corrected chi connectivity index (χ1v) is 15.7. The van der Waals surface area contributed by atoms with Crippen molar-refractivity contribution in [2.45, 2.75) is 22.8 Å². The Morgan fingerprint density at radius 3 is 2.02 bits per heavy atom. The number of carbonyl (C=O) groups excluding carboxylic acids is 2. The van der Waals surface area contributed by atoms with E-state index in [2.05, 4.69) is 22.0 Å². The van der Waals surface area contributed by atoms with Gasteiger partial charge in [-0.1, -0.05) is 109 Å². The maximum atomic E-state index is 14.1. The Morgan fingerprint density at radius 1 is 1.02 bits per heavy atom. The lowest BCUT2D eigenvalue weighted by Gasteiger charge is -2.46. The lowest BCUT2D eigenvalue weighted by molar-refractivity contribution is -0.146. The van der Waals surface area contributed by atoms with Gasteiger partial charge >= 0.3 is 5.97 Å². The highest BCUT2D eigenvalue weighted by Crippen LogP contribution is 2.44. The fraction of sp³-hybridized carbons (Fsp3) is 0.121. The van der Waals surface area contributed by atoms with Crippen LogP contribution in [0.4, 0.5) is 5.13 Å². The van der Waals surface area contributed by atoms with Crippen molar-refractivity contribution in [3.8, 4) is 0 Å². The smallest absolute Gasteiger partial charge is 0.353 e. The summed E-state index contributed by atoms with van der Waals surface area (Å²) in [5, 5.41) is 17.9. The number of thioether (sulfide) groups is 1. The molecule has 12 heteroatoms. The molecule has 1 saturated heterocycles. The van der Waals surface area contributed by atoms with Crippen molar-refractivity contribution >= 4 is 51.7 Å². The van der Waals surface area contributed by atoms with E-state index in [9.17, 15) is 19.5 Å². The maximum absolute atomic E-state index is 14.1. The second-order valence-corrected chi connectivity index (χ2v) is 12.3. The lowest BCUT2D eigenvalue weighted by atomic mass is 9.80. The fourth-order valence-electron chi connectivity index (χ4n) is 5.38. The normalized spacial score (nSPS) is 18.1. The first kappa shape index (κ1) is 29.9. The highest BCUT2D eigenvalue weighted by Gasteiger charge is 2.48. The number of anilines is 1. The number of carboxylic acid groups (broad SMARTS) is 1. The van der Waals surface area contributed by atoms with Crippen molar-refractivity contribution in [2.24, 2.45) is 5.16 Å². The number of aliphatic carboxylic acids is 1. The number of thiazole rings is 1. The van der Waals surface area contributed by atoms with Gasteiger partial charge in [-0.15, -0.1) is 23.1 Å². The van der Waals surface area contributed by atoms with E-state index < -0.39 is 28.2 Å². The molecule has 4 N–H and O–H groups in total. The third-order valence-electron chi connectivity index (χ3n) is 7.48. The van der Waals surface area contributed by atoms with E-state index in [1.54, 1.807) is 5.38 Å². The van der Waals surface area contributed by atoms with E-state index in [0.29, 0.717) is 0 Å². The standard InChI is InChI=1S/C33H27N5O5S2/c1-2-23-28(31(41)42)38-25(39)18-26(38)45-30(23)36-29(40)27(24-19-44-32(34)35-24)37-43-33(20-12-6-3-7-13-20,21-14-8-4-9-15-21)22-16-10-5-11-17-22/h2-17,19,26,30H,1,18H2,(H2,34,35)(H,36,40)(H,41,42)/b37-27-/t26-,30?/m1/s1. The number of carboxylic acids is 1. The summed E-state index contributed by atoms with van der Waals surface area (Å²) in [6, 6.07) is 28.7. The third-order valence-corrected chi connectivity index (χ3v) is 9.48. The minimum absolute atomic E-state index is 0.151. The molecule has 6 rings (SSSR count). The molecule has 1 unspecified atom stereocenters. The maximum Gasteiger partial charge on any atom is 0.353 e. The largest absolute Gasteiger partial charge is 0.477 e. The number of β-lactam (4-membered cyclic amide) rings is 1. The van der Waals surface area contributed by atoms with E-state index in [0.717, 1.165) is 28.0 Å². The molecule has 3 aromatic carbocycles. The Kier molecular flexibility index (Phi) is 8.24. The van der Waals surface area contributed by atoms with E-state index in [4.69, 9.17) is 10.6 Å². The van der Waals surface area contributed by atoms with Crippen molar-refractivity contribution < 1.29 is 24.3 Å². The summed E-state index contributed by atoms with van der Waals surface area (Å²) < 4.78 is 0. The quantitative estimate of drug-likeness (QED) is 0.0981. The average molecular weight is 638 g/mol. The Morgan fingerprint density at radius 2 is 1.58 bits per heavy atom. The monoisotopic (exact) mass is 637 g/mol. The number of rotatable bonds is 10. The molecule has 2 aliphatic heterocycles. The molecule has 0 spiro atoms. The van der Waals surface area contributed by atoms with Gasteiger partial charge in [0.2, 0.25) is 11.5 Å². The number of fused-ring (bicyclic) bond motifs is 1. The Bertz CT molecular complexity index is 1730. The third kappa shape index (κ3) is 5.49. The molecule has 2 aliphatic rings. The molecule has 0 aliphatic carbocycles. The Labute approximate surface area is 266 Å². The van der Waals surface area contributed by atoms with Gasteiger partial charge in [-0.05, 0) is 0 Å². The van der Waals surface area contributed by atoms with Gasteiger partial charge in [0, 0.05) is 27.6 Å². The number of aromatic nitrogens is 1. The number of hydrogen-bond donors (Lipinski definition) is 3. The Balaban J connectivity index is 1.46. The predicted octanol–water partition coefficient (Wildman–Crippen LogP) is 4.71. The highest BCUT2D eigenvalue weighted by atomic mass is 32.2. The predicted molar refractivity (Wildman–Crippen MR) is 173 cm³/mol. The van der Waals surface area contributed by atoms with Crippen LogP contribution in [0.2, 0.25) is 0 Å². The van der Waals surface area contributed by atoms with Crippen LogP contribution in [0.15, 0.2) is 125 Å². The van der Waals surface area contributed by atoms with Gasteiger partial charge in [-0.25, -0.2) is 9.78 Å². The number of benzene rings is 3. The van der Waals surface area contributed by atoms with E-state index in [1.807, 2.05) is 91.0 Å². The number of nitrogens with zero attached hydrogens (tertiary/aromatic N) is 3. The minimum Gasteiger partial charge on any atom is -0.477 e. The van der Waals surface area contributed by atoms with Crippen molar-refractivity contribution in [3.63, 3.8) is 0 Å². The highest BCUT2D eigenvalue weighted by molar-refractivity contribution is 8.00. The van der Waals surface area contributed by atoms with Crippen molar-refractivity contribution in [1.29, 1.82) is 0 Å². The first-order chi connectivity index (χ1) is 21.8. The molecule has 1 fully saturated rings. The summed E-state index contributed by atoms with van der Waals surface area (Å²) in [6.45, 7) is 3.75. The molecular weight excluding hydrogens is 611 g/mol. The van der Waals surface area contributed by atoms with Gasteiger partial charge in [0.15, 0.2) is 10.8 Å². The molecule has 2 amide bonds. The summed E-state index contributed by atoms with van der Waals surface area (Å²) in [6.07, 6.45) is 1.49. The Hall–Kier alpha value is -5.20. The number of carbonyl (C=O) groups is 3. The first-order valence-electron chi connectivity index (χ1n) is 13.9. The van der Waals surface area contributed by atoms with E-state index in [1.165, 1.54) is 22.7 Å². The molecule has 0 bridgehead atoms. The topological polar surface area (TPSA) is 147 Å². The fourth-order valence-corrected chi connectivity index (χ4v) is 7.35. The van der Waals surface area contributed by atoms with Gasteiger partial charge in [0.1, 0.15) is 16.8 Å². The summed E-state index contributed by atoms with van der Waals surface area (Å²) in [5.74, 6) is -2.27. The zero-order valence-electron chi connectivity index (χ0n) is 23.7.